The molecule has 1 unspecified atom stereocenters. The fourth-order valence-corrected chi connectivity index (χ4v) is 2.61. The summed E-state index contributed by atoms with van der Waals surface area (Å²) in [6, 6.07) is 12.8. The largest absolute Gasteiger partial charge is 0.381 e. The lowest BCUT2D eigenvalue weighted by Gasteiger charge is -2.27. The summed E-state index contributed by atoms with van der Waals surface area (Å²) < 4.78 is 0. The van der Waals surface area contributed by atoms with Crippen LogP contribution in [0.4, 0.5) is 0 Å². The Morgan fingerprint density at radius 2 is 1.67 bits per heavy atom. The fraction of sp³-hybridized carbons (Fsp3) is 0.200. The molecule has 0 saturated heterocycles. The van der Waals surface area contributed by atoms with E-state index < -0.39 is 5.60 Å². The van der Waals surface area contributed by atoms with Crippen molar-refractivity contribution in [3.05, 3.63) is 69.2 Å². The predicted molar refractivity (Wildman–Crippen MR) is 76.3 cm³/mol. The molecule has 0 radical (unpaired) electrons. The molecule has 2 aromatic carbocycles. The number of hydrogen-bond acceptors (Lipinski definition) is 1. The van der Waals surface area contributed by atoms with E-state index in [1.165, 1.54) is 0 Å². The van der Waals surface area contributed by atoms with Crippen molar-refractivity contribution in [3.63, 3.8) is 0 Å². The molecule has 1 nitrogen and oxygen atoms in total. The minimum absolute atomic E-state index is 0.507. The Morgan fingerprint density at radius 1 is 1.00 bits per heavy atom. The van der Waals surface area contributed by atoms with E-state index in [9.17, 15) is 5.11 Å². The van der Waals surface area contributed by atoms with E-state index in [0.29, 0.717) is 15.6 Å². The first kappa shape index (κ1) is 13.4. The maximum absolute atomic E-state index is 10.8. The molecular weight excluding hydrogens is 267 g/mol. The summed E-state index contributed by atoms with van der Waals surface area (Å²) in [5, 5.41) is 11.9. The summed E-state index contributed by atoms with van der Waals surface area (Å²) >= 11 is 12.1. The van der Waals surface area contributed by atoms with Gasteiger partial charge in [-0.2, -0.15) is 0 Å². The normalized spacial score (nSPS) is 14.3. The minimum Gasteiger partial charge on any atom is -0.381 e. The maximum atomic E-state index is 10.8. The lowest BCUT2D eigenvalue weighted by atomic mass is 9.85. The minimum atomic E-state index is -1.16. The van der Waals surface area contributed by atoms with E-state index in [1.54, 1.807) is 25.1 Å². The van der Waals surface area contributed by atoms with E-state index in [0.717, 1.165) is 11.1 Å². The van der Waals surface area contributed by atoms with Crippen molar-refractivity contribution in [2.45, 2.75) is 19.4 Å². The van der Waals surface area contributed by atoms with Gasteiger partial charge in [0.1, 0.15) is 5.60 Å². The van der Waals surface area contributed by atoms with Crippen LogP contribution in [-0.2, 0) is 5.60 Å². The van der Waals surface area contributed by atoms with Crippen molar-refractivity contribution >= 4 is 23.2 Å². The SMILES string of the molecule is Cc1ccccc1C(C)(O)c1cc(Cl)ccc1Cl. The molecule has 0 heterocycles. The van der Waals surface area contributed by atoms with Crippen LogP contribution in [0.25, 0.3) is 0 Å². The first-order valence-electron chi connectivity index (χ1n) is 5.67. The van der Waals surface area contributed by atoms with Crippen LogP contribution in [0, 0.1) is 6.92 Å². The molecule has 0 amide bonds. The Hall–Kier alpha value is -1.02. The van der Waals surface area contributed by atoms with E-state index in [2.05, 4.69) is 0 Å². The average Bonchev–Trinajstić information content (AvgIpc) is 2.32. The molecule has 3 heteroatoms. The van der Waals surface area contributed by atoms with Crippen LogP contribution >= 0.6 is 23.2 Å². The van der Waals surface area contributed by atoms with E-state index in [4.69, 9.17) is 23.2 Å². The molecule has 0 fully saturated rings. The third-order valence-electron chi connectivity index (χ3n) is 3.12. The van der Waals surface area contributed by atoms with Gasteiger partial charge in [0.15, 0.2) is 0 Å². The molecule has 0 bridgehead atoms. The van der Waals surface area contributed by atoms with Crippen LogP contribution in [0.5, 0.6) is 0 Å². The van der Waals surface area contributed by atoms with Crippen LogP contribution < -0.4 is 0 Å². The van der Waals surface area contributed by atoms with Gasteiger partial charge in [0, 0.05) is 15.6 Å². The van der Waals surface area contributed by atoms with Crippen molar-refractivity contribution < 1.29 is 5.11 Å². The van der Waals surface area contributed by atoms with Crippen molar-refractivity contribution in [1.29, 1.82) is 0 Å². The Kier molecular flexibility index (Phi) is 3.67. The third kappa shape index (κ3) is 2.39. The molecule has 94 valence electrons. The molecule has 1 atom stereocenters. The quantitative estimate of drug-likeness (QED) is 0.855. The van der Waals surface area contributed by atoms with Crippen LogP contribution in [0.2, 0.25) is 10.0 Å². The van der Waals surface area contributed by atoms with E-state index in [-0.39, 0.29) is 0 Å². The van der Waals surface area contributed by atoms with Gasteiger partial charge in [0.25, 0.3) is 0 Å². The Labute approximate surface area is 117 Å². The van der Waals surface area contributed by atoms with Crippen LogP contribution in [0.15, 0.2) is 42.5 Å². The molecular formula is C15H14Cl2O. The topological polar surface area (TPSA) is 20.2 Å². The van der Waals surface area contributed by atoms with Gasteiger partial charge < -0.3 is 5.11 Å². The average molecular weight is 281 g/mol. The highest BCUT2D eigenvalue weighted by molar-refractivity contribution is 6.33. The zero-order valence-corrected chi connectivity index (χ0v) is 11.8. The van der Waals surface area contributed by atoms with Crippen molar-refractivity contribution in [2.75, 3.05) is 0 Å². The second-order valence-corrected chi connectivity index (χ2v) is 5.35. The summed E-state index contributed by atoms with van der Waals surface area (Å²) in [4.78, 5) is 0. The molecule has 0 aliphatic carbocycles. The Morgan fingerprint density at radius 3 is 2.33 bits per heavy atom. The fourth-order valence-electron chi connectivity index (χ4n) is 2.13. The second kappa shape index (κ2) is 4.93. The standard InChI is InChI=1S/C15H14Cl2O/c1-10-5-3-4-6-12(10)15(2,18)13-9-11(16)7-8-14(13)17/h3-9,18H,1-2H3. The summed E-state index contributed by atoms with van der Waals surface area (Å²) in [6.45, 7) is 3.69. The highest BCUT2D eigenvalue weighted by Gasteiger charge is 2.29. The van der Waals surface area contributed by atoms with Gasteiger partial charge in [0.05, 0.1) is 0 Å². The van der Waals surface area contributed by atoms with Gasteiger partial charge in [-0.05, 0) is 43.2 Å². The lowest BCUT2D eigenvalue weighted by Crippen LogP contribution is -2.24. The molecule has 0 saturated carbocycles. The van der Waals surface area contributed by atoms with Crippen molar-refractivity contribution in [1.82, 2.24) is 0 Å². The van der Waals surface area contributed by atoms with Crippen LogP contribution in [0.1, 0.15) is 23.6 Å². The number of halogens is 2. The molecule has 2 aromatic rings. The van der Waals surface area contributed by atoms with E-state index >= 15 is 0 Å². The number of aliphatic hydroxyl groups is 1. The summed E-state index contributed by atoms with van der Waals surface area (Å²) in [7, 11) is 0. The number of benzene rings is 2. The van der Waals surface area contributed by atoms with Crippen molar-refractivity contribution in [3.8, 4) is 0 Å². The van der Waals surface area contributed by atoms with Gasteiger partial charge >= 0.3 is 0 Å². The van der Waals surface area contributed by atoms with Crippen LogP contribution in [0.3, 0.4) is 0 Å². The van der Waals surface area contributed by atoms with E-state index in [1.807, 2.05) is 31.2 Å². The summed E-state index contributed by atoms with van der Waals surface area (Å²) in [5.74, 6) is 0. The second-order valence-electron chi connectivity index (χ2n) is 4.51. The van der Waals surface area contributed by atoms with Gasteiger partial charge in [0.2, 0.25) is 0 Å². The molecule has 1 N–H and O–H groups in total. The highest BCUT2D eigenvalue weighted by Crippen LogP contribution is 2.36. The zero-order valence-electron chi connectivity index (χ0n) is 10.2. The van der Waals surface area contributed by atoms with Gasteiger partial charge in [-0.3, -0.25) is 0 Å². The first-order chi connectivity index (χ1) is 8.43. The smallest absolute Gasteiger partial charge is 0.114 e. The number of hydrogen-bond donors (Lipinski definition) is 1. The summed E-state index contributed by atoms with van der Waals surface area (Å²) in [5.41, 5.74) is 1.30. The van der Waals surface area contributed by atoms with Gasteiger partial charge in [-0.25, -0.2) is 0 Å². The van der Waals surface area contributed by atoms with Gasteiger partial charge in [-0.15, -0.1) is 0 Å². The lowest BCUT2D eigenvalue weighted by molar-refractivity contribution is 0.102. The maximum Gasteiger partial charge on any atom is 0.114 e. The molecule has 2 rings (SSSR count). The van der Waals surface area contributed by atoms with Crippen molar-refractivity contribution in [2.24, 2.45) is 0 Å². The monoisotopic (exact) mass is 280 g/mol. The third-order valence-corrected chi connectivity index (χ3v) is 3.69. The Bertz CT molecular complexity index is 576. The van der Waals surface area contributed by atoms with Crippen LogP contribution in [-0.4, -0.2) is 5.11 Å². The molecule has 0 aliphatic heterocycles. The van der Waals surface area contributed by atoms with Gasteiger partial charge in [-0.1, -0.05) is 47.5 Å². The summed E-state index contributed by atoms with van der Waals surface area (Å²) in [6.07, 6.45) is 0. The predicted octanol–water partition coefficient (Wildman–Crippen LogP) is 4.56. The molecule has 0 aromatic heterocycles. The zero-order chi connectivity index (χ0) is 13.3. The molecule has 18 heavy (non-hydrogen) atoms. The highest BCUT2D eigenvalue weighted by atomic mass is 35.5. The Balaban J connectivity index is 2.61. The molecule has 0 spiro atoms. The molecule has 0 aliphatic rings. The number of rotatable bonds is 2. The number of aryl methyl sites for hydroxylation is 1. The first-order valence-corrected chi connectivity index (χ1v) is 6.42.